The fourth-order valence-electron chi connectivity index (χ4n) is 1.45. The molecule has 0 aromatic carbocycles. The third-order valence-corrected chi connectivity index (χ3v) is 4.05. The molecule has 0 amide bonds. The van der Waals surface area contributed by atoms with Crippen molar-refractivity contribution in [3.63, 3.8) is 0 Å². The van der Waals surface area contributed by atoms with Gasteiger partial charge in [0.1, 0.15) is 0 Å². The Balaban J connectivity index is 1.93. The van der Waals surface area contributed by atoms with Gasteiger partial charge in [0, 0.05) is 28.4 Å². The first-order valence-electron chi connectivity index (χ1n) is 5.26. The monoisotopic (exact) mass is 253 g/mol. The molecule has 2 nitrogen and oxygen atoms in total. The fourth-order valence-corrected chi connectivity index (χ4v) is 3.09. The van der Waals surface area contributed by atoms with E-state index in [4.69, 9.17) is 5.11 Å². The Bertz CT molecular complexity index is 420. The van der Waals surface area contributed by atoms with Crippen molar-refractivity contribution in [3.8, 4) is 10.4 Å². The van der Waals surface area contributed by atoms with Crippen LogP contribution in [0.5, 0.6) is 0 Å². The van der Waals surface area contributed by atoms with Gasteiger partial charge in [-0.1, -0.05) is 6.07 Å². The molecule has 0 aliphatic rings. The molecule has 4 heteroatoms. The molecule has 16 heavy (non-hydrogen) atoms. The average Bonchev–Trinajstić information content (AvgIpc) is 2.85. The number of hydrogen-bond donors (Lipinski definition) is 2. The molecule has 0 saturated heterocycles. The van der Waals surface area contributed by atoms with E-state index >= 15 is 0 Å². The first kappa shape index (κ1) is 11.8. The third-order valence-electron chi connectivity index (χ3n) is 2.20. The average molecular weight is 253 g/mol. The van der Waals surface area contributed by atoms with Crippen molar-refractivity contribution in [2.45, 2.75) is 19.6 Å². The van der Waals surface area contributed by atoms with Crippen LogP contribution in [0, 0.1) is 0 Å². The van der Waals surface area contributed by atoms with Gasteiger partial charge in [0.05, 0.1) is 6.10 Å². The summed E-state index contributed by atoms with van der Waals surface area (Å²) < 4.78 is 0. The number of nitrogens with one attached hydrogen (secondary N) is 1. The van der Waals surface area contributed by atoms with Crippen molar-refractivity contribution in [2.75, 3.05) is 6.54 Å². The standard InChI is InChI=1S/C12H15NOS2/c1-9(14)6-13-7-11-5-10(8-16-11)12-3-2-4-15-12/h2-5,8-9,13-14H,6-7H2,1H3. The summed E-state index contributed by atoms with van der Waals surface area (Å²) in [5, 5.41) is 16.6. The maximum absolute atomic E-state index is 9.13. The zero-order chi connectivity index (χ0) is 11.4. The molecule has 0 aliphatic carbocycles. The molecule has 0 fully saturated rings. The highest BCUT2D eigenvalue weighted by Crippen LogP contribution is 2.29. The SMILES string of the molecule is CC(O)CNCc1cc(-c2cccs2)cs1. The molecule has 0 radical (unpaired) electrons. The Hall–Kier alpha value is -0.680. The highest BCUT2D eigenvalue weighted by atomic mass is 32.1. The van der Waals surface area contributed by atoms with Crippen molar-refractivity contribution >= 4 is 22.7 Å². The molecule has 1 unspecified atom stereocenters. The van der Waals surface area contributed by atoms with Gasteiger partial charge in [0.2, 0.25) is 0 Å². The number of aliphatic hydroxyl groups is 1. The summed E-state index contributed by atoms with van der Waals surface area (Å²) in [5.74, 6) is 0. The first-order valence-corrected chi connectivity index (χ1v) is 7.01. The lowest BCUT2D eigenvalue weighted by Crippen LogP contribution is -2.23. The first-order chi connectivity index (χ1) is 7.75. The molecule has 0 saturated carbocycles. The van der Waals surface area contributed by atoms with E-state index in [0.717, 1.165) is 6.54 Å². The highest BCUT2D eigenvalue weighted by molar-refractivity contribution is 7.14. The molecule has 0 bridgehead atoms. The molecule has 1 atom stereocenters. The van der Waals surface area contributed by atoms with Gasteiger partial charge in [-0.15, -0.1) is 22.7 Å². The predicted molar refractivity (Wildman–Crippen MR) is 71.0 cm³/mol. The second-order valence-electron chi connectivity index (χ2n) is 3.76. The molecule has 2 rings (SSSR count). The molecule has 2 aromatic rings. The van der Waals surface area contributed by atoms with E-state index in [1.54, 1.807) is 29.6 Å². The van der Waals surface area contributed by atoms with Crippen molar-refractivity contribution < 1.29 is 5.11 Å². The topological polar surface area (TPSA) is 32.3 Å². The summed E-state index contributed by atoms with van der Waals surface area (Å²) >= 11 is 3.53. The molecule has 86 valence electrons. The zero-order valence-electron chi connectivity index (χ0n) is 9.14. The Morgan fingerprint density at radius 1 is 1.44 bits per heavy atom. The van der Waals surface area contributed by atoms with Crippen LogP contribution in [0.2, 0.25) is 0 Å². The van der Waals surface area contributed by atoms with Gasteiger partial charge in [-0.3, -0.25) is 0 Å². The molecule has 2 aromatic heterocycles. The van der Waals surface area contributed by atoms with Crippen LogP contribution < -0.4 is 5.32 Å². The van der Waals surface area contributed by atoms with Gasteiger partial charge in [0.15, 0.2) is 0 Å². The van der Waals surface area contributed by atoms with Gasteiger partial charge in [0.25, 0.3) is 0 Å². The molecule has 0 spiro atoms. The van der Waals surface area contributed by atoms with E-state index < -0.39 is 0 Å². The van der Waals surface area contributed by atoms with Gasteiger partial charge >= 0.3 is 0 Å². The van der Waals surface area contributed by atoms with Crippen LogP contribution in [0.25, 0.3) is 10.4 Å². The normalized spacial score (nSPS) is 12.9. The van der Waals surface area contributed by atoms with Gasteiger partial charge in [-0.25, -0.2) is 0 Å². The van der Waals surface area contributed by atoms with Gasteiger partial charge < -0.3 is 10.4 Å². The molecule has 2 N–H and O–H groups in total. The summed E-state index contributed by atoms with van der Waals surface area (Å²) in [5.41, 5.74) is 1.30. The second-order valence-corrected chi connectivity index (χ2v) is 5.70. The van der Waals surface area contributed by atoms with Crippen molar-refractivity contribution in [3.05, 3.63) is 33.8 Å². The van der Waals surface area contributed by atoms with Crippen LogP contribution in [-0.4, -0.2) is 17.8 Å². The van der Waals surface area contributed by atoms with Crippen molar-refractivity contribution in [2.24, 2.45) is 0 Å². The molecular formula is C12H15NOS2. The van der Waals surface area contributed by atoms with Crippen LogP contribution in [-0.2, 0) is 6.54 Å². The van der Waals surface area contributed by atoms with E-state index in [9.17, 15) is 0 Å². The Labute approximate surface area is 104 Å². The van der Waals surface area contributed by atoms with E-state index in [2.05, 4.69) is 34.3 Å². The van der Waals surface area contributed by atoms with Gasteiger partial charge in [-0.05, 0) is 29.8 Å². The van der Waals surface area contributed by atoms with Crippen LogP contribution in [0.15, 0.2) is 29.0 Å². The predicted octanol–water partition coefficient (Wildman–Crippen LogP) is 2.95. The van der Waals surface area contributed by atoms with Crippen molar-refractivity contribution in [1.82, 2.24) is 5.32 Å². The third kappa shape index (κ3) is 3.15. The Morgan fingerprint density at radius 2 is 2.31 bits per heavy atom. The Morgan fingerprint density at radius 3 is 3.00 bits per heavy atom. The van der Waals surface area contributed by atoms with E-state index in [0.29, 0.717) is 6.54 Å². The number of aliphatic hydroxyl groups excluding tert-OH is 1. The van der Waals surface area contributed by atoms with Crippen molar-refractivity contribution in [1.29, 1.82) is 0 Å². The summed E-state index contributed by atoms with van der Waals surface area (Å²) in [6, 6.07) is 6.42. The van der Waals surface area contributed by atoms with Crippen LogP contribution >= 0.6 is 22.7 Å². The number of rotatable bonds is 5. The smallest absolute Gasteiger partial charge is 0.0636 e. The lowest BCUT2D eigenvalue weighted by molar-refractivity contribution is 0.191. The van der Waals surface area contributed by atoms with Crippen LogP contribution in [0.4, 0.5) is 0 Å². The van der Waals surface area contributed by atoms with Gasteiger partial charge in [-0.2, -0.15) is 0 Å². The summed E-state index contributed by atoms with van der Waals surface area (Å²) in [6.07, 6.45) is -0.281. The minimum Gasteiger partial charge on any atom is -0.392 e. The molecule has 2 heterocycles. The quantitative estimate of drug-likeness (QED) is 0.858. The lowest BCUT2D eigenvalue weighted by atomic mass is 10.2. The summed E-state index contributed by atoms with van der Waals surface area (Å²) in [4.78, 5) is 2.63. The number of hydrogen-bond acceptors (Lipinski definition) is 4. The molecular weight excluding hydrogens is 238 g/mol. The highest BCUT2D eigenvalue weighted by Gasteiger charge is 2.03. The van der Waals surface area contributed by atoms with E-state index in [1.165, 1.54) is 15.3 Å². The van der Waals surface area contributed by atoms with E-state index in [-0.39, 0.29) is 6.10 Å². The Kier molecular flexibility index (Phi) is 4.12. The minimum absolute atomic E-state index is 0.281. The summed E-state index contributed by atoms with van der Waals surface area (Å²) in [6.45, 7) is 3.27. The number of thiophene rings is 2. The maximum Gasteiger partial charge on any atom is 0.0636 e. The van der Waals surface area contributed by atoms with E-state index in [1.807, 2.05) is 0 Å². The fraction of sp³-hybridized carbons (Fsp3) is 0.333. The van der Waals surface area contributed by atoms with Crippen LogP contribution in [0.3, 0.4) is 0 Å². The minimum atomic E-state index is -0.281. The summed E-state index contributed by atoms with van der Waals surface area (Å²) in [7, 11) is 0. The lowest BCUT2D eigenvalue weighted by Gasteiger charge is -2.04. The maximum atomic E-state index is 9.13. The van der Waals surface area contributed by atoms with Crippen LogP contribution in [0.1, 0.15) is 11.8 Å². The second kappa shape index (κ2) is 5.59. The molecule has 0 aliphatic heterocycles. The largest absolute Gasteiger partial charge is 0.392 e. The zero-order valence-corrected chi connectivity index (χ0v) is 10.8.